The number of carbonyl (C=O) groups is 2. The molecule has 5 nitrogen and oxygen atoms in total. The van der Waals surface area contributed by atoms with Gasteiger partial charge in [-0.2, -0.15) is 0 Å². The molecule has 5 heteroatoms. The molecule has 0 radical (unpaired) electrons. The SMILES string of the molecule is COCCCN1C(=O)CNC(=O)C12CCCC2. The van der Waals surface area contributed by atoms with Gasteiger partial charge in [0.15, 0.2) is 0 Å². The van der Waals surface area contributed by atoms with Crippen LogP contribution in [0.5, 0.6) is 0 Å². The number of carbonyl (C=O) groups excluding carboxylic acids is 2. The van der Waals surface area contributed by atoms with Gasteiger partial charge < -0.3 is 15.0 Å². The van der Waals surface area contributed by atoms with Crippen LogP contribution in [-0.4, -0.2) is 49.1 Å². The number of piperazine rings is 1. The molecule has 0 aromatic heterocycles. The number of methoxy groups -OCH3 is 1. The summed E-state index contributed by atoms with van der Waals surface area (Å²) in [6.07, 6.45) is 4.45. The van der Waals surface area contributed by atoms with Crippen molar-refractivity contribution < 1.29 is 14.3 Å². The fourth-order valence-electron chi connectivity index (χ4n) is 2.94. The van der Waals surface area contributed by atoms with Crippen LogP contribution in [0.2, 0.25) is 0 Å². The average molecular weight is 240 g/mol. The van der Waals surface area contributed by atoms with Crippen molar-refractivity contribution in [1.29, 1.82) is 0 Å². The Morgan fingerprint density at radius 1 is 1.35 bits per heavy atom. The highest BCUT2D eigenvalue weighted by atomic mass is 16.5. The molecule has 2 rings (SSSR count). The highest BCUT2D eigenvalue weighted by Gasteiger charge is 2.50. The summed E-state index contributed by atoms with van der Waals surface area (Å²) in [4.78, 5) is 25.8. The van der Waals surface area contributed by atoms with Gasteiger partial charge in [-0.1, -0.05) is 12.8 Å². The van der Waals surface area contributed by atoms with Crippen LogP contribution in [0.4, 0.5) is 0 Å². The molecular formula is C12H20N2O3. The average Bonchev–Trinajstić information content (AvgIpc) is 2.79. The van der Waals surface area contributed by atoms with E-state index >= 15 is 0 Å². The van der Waals surface area contributed by atoms with Crippen LogP contribution in [0, 0.1) is 0 Å². The van der Waals surface area contributed by atoms with E-state index in [1.807, 2.05) is 0 Å². The zero-order chi connectivity index (χ0) is 12.3. The number of nitrogens with one attached hydrogen (secondary N) is 1. The molecule has 2 aliphatic rings. The van der Waals surface area contributed by atoms with Gasteiger partial charge >= 0.3 is 0 Å². The van der Waals surface area contributed by atoms with Gasteiger partial charge in [-0.25, -0.2) is 0 Å². The minimum absolute atomic E-state index is 0.0343. The summed E-state index contributed by atoms with van der Waals surface area (Å²) >= 11 is 0. The fourth-order valence-corrected chi connectivity index (χ4v) is 2.94. The zero-order valence-corrected chi connectivity index (χ0v) is 10.3. The monoisotopic (exact) mass is 240 g/mol. The molecule has 2 fully saturated rings. The van der Waals surface area contributed by atoms with Crippen LogP contribution >= 0.6 is 0 Å². The van der Waals surface area contributed by atoms with Crippen molar-refractivity contribution in [3.63, 3.8) is 0 Å². The number of rotatable bonds is 4. The lowest BCUT2D eigenvalue weighted by Gasteiger charge is -2.43. The Balaban J connectivity index is 2.11. The second-order valence-electron chi connectivity index (χ2n) is 4.81. The van der Waals surface area contributed by atoms with Crippen LogP contribution in [0.15, 0.2) is 0 Å². The highest BCUT2D eigenvalue weighted by molar-refractivity contribution is 5.98. The van der Waals surface area contributed by atoms with Gasteiger partial charge in [0.05, 0.1) is 6.54 Å². The number of amides is 2. The van der Waals surface area contributed by atoms with Crippen molar-refractivity contribution in [2.75, 3.05) is 26.8 Å². The minimum atomic E-state index is -0.553. The van der Waals surface area contributed by atoms with E-state index in [-0.39, 0.29) is 18.4 Å². The number of nitrogens with zero attached hydrogens (tertiary/aromatic N) is 1. The highest BCUT2D eigenvalue weighted by Crippen LogP contribution is 2.37. The first-order valence-electron chi connectivity index (χ1n) is 6.28. The molecule has 1 aliphatic heterocycles. The molecule has 0 atom stereocenters. The maximum atomic E-state index is 12.1. The molecule has 2 amide bonds. The maximum absolute atomic E-state index is 12.1. The summed E-state index contributed by atoms with van der Waals surface area (Å²) in [7, 11) is 1.65. The molecule has 0 aromatic carbocycles. The minimum Gasteiger partial charge on any atom is -0.385 e. The third kappa shape index (κ3) is 2.16. The van der Waals surface area contributed by atoms with E-state index in [1.165, 1.54) is 0 Å². The predicted octanol–water partition coefficient (Wildman–Crippen LogP) is 0.294. The predicted molar refractivity (Wildman–Crippen MR) is 62.4 cm³/mol. The molecule has 0 unspecified atom stereocenters. The molecule has 1 heterocycles. The lowest BCUT2D eigenvalue weighted by molar-refractivity contribution is -0.153. The van der Waals surface area contributed by atoms with E-state index in [0.717, 1.165) is 32.1 Å². The van der Waals surface area contributed by atoms with Crippen molar-refractivity contribution in [2.45, 2.75) is 37.6 Å². The molecule has 1 spiro atoms. The number of hydrogen-bond donors (Lipinski definition) is 1. The number of hydrogen-bond acceptors (Lipinski definition) is 3. The quantitative estimate of drug-likeness (QED) is 0.719. The Labute approximate surface area is 101 Å². The molecule has 0 bridgehead atoms. The van der Waals surface area contributed by atoms with Crippen LogP contribution in [0.3, 0.4) is 0 Å². The van der Waals surface area contributed by atoms with E-state index in [4.69, 9.17) is 4.74 Å². The third-order valence-electron chi connectivity index (χ3n) is 3.80. The number of ether oxygens (including phenoxy) is 1. The van der Waals surface area contributed by atoms with Gasteiger partial charge in [0, 0.05) is 20.3 Å². The largest absolute Gasteiger partial charge is 0.385 e. The Bertz CT molecular complexity index is 311. The molecule has 1 saturated heterocycles. The first-order chi connectivity index (χ1) is 8.20. The van der Waals surface area contributed by atoms with Crippen molar-refractivity contribution in [3.8, 4) is 0 Å². The van der Waals surface area contributed by atoms with Crippen molar-refractivity contribution in [3.05, 3.63) is 0 Å². The summed E-state index contributed by atoms with van der Waals surface area (Å²) in [6, 6.07) is 0. The topological polar surface area (TPSA) is 58.6 Å². The van der Waals surface area contributed by atoms with Gasteiger partial charge in [0.25, 0.3) is 0 Å². The maximum Gasteiger partial charge on any atom is 0.246 e. The van der Waals surface area contributed by atoms with Crippen LogP contribution in [0.1, 0.15) is 32.1 Å². The molecule has 96 valence electrons. The van der Waals surface area contributed by atoms with Gasteiger partial charge in [-0.05, 0) is 19.3 Å². The Morgan fingerprint density at radius 2 is 2.06 bits per heavy atom. The summed E-state index contributed by atoms with van der Waals surface area (Å²) in [6.45, 7) is 1.40. The molecular weight excluding hydrogens is 220 g/mol. The second kappa shape index (κ2) is 5.04. The first kappa shape index (κ1) is 12.4. The van der Waals surface area contributed by atoms with E-state index in [2.05, 4.69) is 5.32 Å². The van der Waals surface area contributed by atoms with Gasteiger partial charge in [-0.3, -0.25) is 9.59 Å². The first-order valence-corrected chi connectivity index (χ1v) is 6.28. The lowest BCUT2D eigenvalue weighted by atomic mass is 9.91. The van der Waals surface area contributed by atoms with E-state index in [1.54, 1.807) is 12.0 Å². The fraction of sp³-hybridized carbons (Fsp3) is 0.833. The van der Waals surface area contributed by atoms with Crippen LogP contribution in [0.25, 0.3) is 0 Å². The van der Waals surface area contributed by atoms with Crippen molar-refractivity contribution >= 4 is 11.8 Å². The van der Waals surface area contributed by atoms with Crippen molar-refractivity contribution in [2.24, 2.45) is 0 Å². The standard InChI is InChI=1S/C12H20N2O3/c1-17-8-4-7-14-10(15)9-13-11(16)12(14)5-2-3-6-12/h2-9H2,1H3,(H,13,16). The summed E-state index contributed by atoms with van der Waals surface area (Å²) < 4.78 is 5.01. The van der Waals surface area contributed by atoms with Crippen LogP contribution < -0.4 is 5.32 Å². The second-order valence-corrected chi connectivity index (χ2v) is 4.81. The van der Waals surface area contributed by atoms with Crippen molar-refractivity contribution in [1.82, 2.24) is 10.2 Å². The molecule has 0 aromatic rings. The summed E-state index contributed by atoms with van der Waals surface area (Å²) in [5, 5.41) is 2.72. The zero-order valence-electron chi connectivity index (χ0n) is 10.3. The van der Waals surface area contributed by atoms with Gasteiger partial charge in [0.2, 0.25) is 11.8 Å². The smallest absolute Gasteiger partial charge is 0.246 e. The Morgan fingerprint density at radius 3 is 2.71 bits per heavy atom. The summed E-state index contributed by atoms with van der Waals surface area (Å²) in [5.41, 5.74) is -0.553. The molecule has 1 saturated carbocycles. The normalized spacial score (nSPS) is 23.2. The molecule has 1 N–H and O–H groups in total. The lowest BCUT2D eigenvalue weighted by Crippen LogP contribution is -2.66. The summed E-state index contributed by atoms with van der Waals surface area (Å²) in [5.74, 6) is 0.0784. The van der Waals surface area contributed by atoms with E-state index < -0.39 is 5.54 Å². The van der Waals surface area contributed by atoms with Crippen LogP contribution in [-0.2, 0) is 14.3 Å². The molecule has 17 heavy (non-hydrogen) atoms. The van der Waals surface area contributed by atoms with Gasteiger partial charge in [-0.15, -0.1) is 0 Å². The Kier molecular flexibility index (Phi) is 3.66. The van der Waals surface area contributed by atoms with E-state index in [9.17, 15) is 9.59 Å². The molecule has 1 aliphatic carbocycles. The van der Waals surface area contributed by atoms with Gasteiger partial charge in [0.1, 0.15) is 5.54 Å². The third-order valence-corrected chi connectivity index (χ3v) is 3.80. The Hall–Kier alpha value is -1.10. The van der Waals surface area contributed by atoms with E-state index in [0.29, 0.717) is 13.2 Å².